The van der Waals surface area contributed by atoms with Gasteiger partial charge >= 0.3 is 5.69 Å². The van der Waals surface area contributed by atoms with E-state index in [4.69, 9.17) is 4.74 Å². The summed E-state index contributed by atoms with van der Waals surface area (Å²) in [5, 5.41) is 51.5. The Morgan fingerprint density at radius 3 is 2.53 bits per heavy atom. The van der Waals surface area contributed by atoms with Crippen LogP contribution in [-0.2, 0) is 17.7 Å². The summed E-state index contributed by atoms with van der Waals surface area (Å²) in [6.07, 6.45) is -4.34. The number of rotatable bonds is 7. The van der Waals surface area contributed by atoms with E-state index in [0.29, 0.717) is 15.2 Å². The number of phenolic OH excluding ortho intramolecular Hbond substituents is 1. The minimum absolute atomic E-state index is 0.0235. The molecule has 30 heavy (non-hydrogen) atoms. The number of halogens is 1. The van der Waals surface area contributed by atoms with Crippen molar-refractivity contribution in [1.29, 1.82) is 0 Å². The lowest BCUT2D eigenvalue weighted by molar-refractivity contribution is -0.318. The van der Waals surface area contributed by atoms with Gasteiger partial charge < -0.3 is 30.4 Å². The van der Waals surface area contributed by atoms with Gasteiger partial charge in [0.05, 0.1) is 19.8 Å². The van der Waals surface area contributed by atoms with E-state index in [1.165, 1.54) is 24.3 Å². The highest BCUT2D eigenvalue weighted by Crippen LogP contribution is 2.40. The summed E-state index contributed by atoms with van der Waals surface area (Å²) >= 11 is 0. The quantitative estimate of drug-likeness (QED) is 0.230. The number of aromatic nitrogens is 2. The van der Waals surface area contributed by atoms with Crippen LogP contribution in [0.3, 0.4) is 0 Å². The summed E-state index contributed by atoms with van der Waals surface area (Å²) in [5.74, 6) is -0.0235. The Labute approximate surface area is 168 Å². The number of alkyl halides is 1. The van der Waals surface area contributed by atoms with Crippen molar-refractivity contribution in [1.82, 2.24) is 14.6 Å². The van der Waals surface area contributed by atoms with E-state index in [9.17, 15) is 39.6 Å². The van der Waals surface area contributed by atoms with Crippen molar-refractivity contribution in [2.45, 2.75) is 37.1 Å². The predicted octanol–water partition coefficient (Wildman–Crippen LogP) is -1.42. The van der Waals surface area contributed by atoms with E-state index < -0.39 is 48.7 Å². The van der Waals surface area contributed by atoms with Gasteiger partial charge in [0, 0.05) is 18.2 Å². The van der Waals surface area contributed by atoms with Crippen molar-refractivity contribution in [2.24, 2.45) is 0 Å². The summed E-state index contributed by atoms with van der Waals surface area (Å²) in [7, 11) is 0. The van der Waals surface area contributed by atoms with Gasteiger partial charge in [-0.1, -0.05) is 12.1 Å². The maximum atomic E-state index is 12.7. The number of nitrogens with one attached hydrogen (secondary N) is 1. The second-order valence-corrected chi connectivity index (χ2v) is 6.92. The van der Waals surface area contributed by atoms with E-state index in [0.717, 1.165) is 6.20 Å². The molecule has 164 valence electrons. The molecule has 0 amide bonds. The Morgan fingerprint density at radius 1 is 1.27 bits per heavy atom. The van der Waals surface area contributed by atoms with Crippen LogP contribution in [0.25, 0.3) is 0 Å². The van der Waals surface area contributed by atoms with Crippen LogP contribution in [0.2, 0.25) is 0 Å². The third-order valence-corrected chi connectivity index (χ3v) is 4.97. The van der Waals surface area contributed by atoms with E-state index in [-0.39, 0.29) is 24.3 Å². The van der Waals surface area contributed by atoms with Gasteiger partial charge in [0.25, 0.3) is 5.56 Å². The second kappa shape index (κ2) is 8.63. The molecule has 0 saturated carbocycles. The predicted molar refractivity (Wildman–Crippen MR) is 98.4 cm³/mol. The summed E-state index contributed by atoms with van der Waals surface area (Å²) < 4.78 is 18.9. The van der Waals surface area contributed by atoms with E-state index in [1.54, 1.807) is 0 Å². The van der Waals surface area contributed by atoms with Crippen molar-refractivity contribution in [3.05, 3.63) is 62.4 Å². The van der Waals surface area contributed by atoms with Gasteiger partial charge in [-0.15, -0.1) is 5.06 Å². The zero-order chi connectivity index (χ0) is 22.1. The SMILES string of the molecule is O=c1[nH]c(=O)n(C2O[C@H](CO)[C@@H](O)[C@]2(O)N(O)Cc2ccc(O)cc2)cc1CCF. The van der Waals surface area contributed by atoms with Gasteiger partial charge in [-0.3, -0.25) is 18.7 Å². The van der Waals surface area contributed by atoms with Crippen LogP contribution in [0, 0.1) is 0 Å². The minimum atomic E-state index is -2.62. The number of benzene rings is 1. The largest absolute Gasteiger partial charge is 0.508 e. The molecule has 1 unspecified atom stereocenters. The number of H-pyrrole nitrogens is 1. The maximum Gasteiger partial charge on any atom is 0.330 e. The van der Waals surface area contributed by atoms with Crippen molar-refractivity contribution in [3.8, 4) is 5.75 Å². The number of aromatic hydroxyl groups is 1. The molecule has 0 spiro atoms. The zero-order valence-electron chi connectivity index (χ0n) is 15.7. The standard InChI is InChI=1S/C18H22FN3O8/c19-6-5-11-8-21(17(27)20-15(11)26)16-18(28,14(25)13(9-23)30-16)22(29)7-10-1-3-12(24)4-2-10/h1-4,8,13-14,16,23-25,28-29H,5-7,9H2,(H,20,26,27)/t13-,14-,16?,18-/m1/s1. The van der Waals surface area contributed by atoms with E-state index >= 15 is 0 Å². The molecule has 12 heteroatoms. The van der Waals surface area contributed by atoms with Crippen molar-refractivity contribution in [3.63, 3.8) is 0 Å². The van der Waals surface area contributed by atoms with Crippen LogP contribution in [-0.4, -0.2) is 71.5 Å². The minimum Gasteiger partial charge on any atom is -0.508 e. The number of aromatic amines is 1. The first-order valence-electron chi connectivity index (χ1n) is 9.03. The Hall–Kier alpha value is -2.61. The Bertz CT molecular complexity index is 994. The molecule has 1 aliphatic heterocycles. The van der Waals surface area contributed by atoms with Gasteiger partial charge in [0.2, 0.25) is 5.72 Å². The Morgan fingerprint density at radius 2 is 1.93 bits per heavy atom. The lowest BCUT2D eigenvalue weighted by Crippen LogP contribution is -2.59. The molecule has 0 aliphatic carbocycles. The molecule has 1 aromatic heterocycles. The first kappa shape index (κ1) is 22.1. The molecule has 0 radical (unpaired) electrons. The monoisotopic (exact) mass is 427 g/mol. The first-order chi connectivity index (χ1) is 14.2. The lowest BCUT2D eigenvalue weighted by atomic mass is 10.0. The molecule has 1 saturated heterocycles. The molecule has 2 heterocycles. The topological polar surface area (TPSA) is 168 Å². The van der Waals surface area contributed by atoms with Crippen LogP contribution in [0.15, 0.2) is 40.1 Å². The fourth-order valence-electron chi connectivity index (χ4n) is 3.34. The third-order valence-electron chi connectivity index (χ3n) is 4.97. The van der Waals surface area contributed by atoms with E-state index in [1.807, 2.05) is 4.98 Å². The molecular formula is C18H22FN3O8. The number of nitrogens with zero attached hydrogens (tertiary/aromatic N) is 2. The van der Waals surface area contributed by atoms with Gasteiger partial charge in [-0.2, -0.15) is 0 Å². The molecule has 1 aromatic carbocycles. The van der Waals surface area contributed by atoms with Crippen LogP contribution >= 0.6 is 0 Å². The van der Waals surface area contributed by atoms with Crippen LogP contribution in [0.4, 0.5) is 4.39 Å². The molecule has 4 atom stereocenters. The summed E-state index contributed by atoms with van der Waals surface area (Å²) in [4.78, 5) is 26.2. The normalized spacial score (nSPS) is 26.4. The van der Waals surface area contributed by atoms with Crippen LogP contribution < -0.4 is 11.2 Å². The molecule has 1 aliphatic rings. The second-order valence-electron chi connectivity index (χ2n) is 6.92. The highest BCUT2D eigenvalue weighted by Gasteiger charge is 2.60. The Balaban J connectivity index is 2.03. The molecule has 11 nitrogen and oxygen atoms in total. The summed E-state index contributed by atoms with van der Waals surface area (Å²) in [6.45, 7) is -1.99. The number of hydrogen-bond acceptors (Lipinski definition) is 9. The van der Waals surface area contributed by atoms with Gasteiger partial charge in [-0.25, -0.2) is 4.79 Å². The van der Waals surface area contributed by atoms with Crippen LogP contribution in [0.1, 0.15) is 17.4 Å². The highest BCUT2D eigenvalue weighted by atomic mass is 19.1. The molecule has 3 rings (SSSR count). The Kier molecular flexibility index (Phi) is 6.36. The average Bonchev–Trinajstić information content (AvgIpc) is 2.97. The number of aliphatic hydroxyl groups is 3. The molecule has 2 aromatic rings. The number of aliphatic hydroxyl groups excluding tert-OH is 2. The summed E-state index contributed by atoms with van der Waals surface area (Å²) in [5.41, 5.74) is -4.17. The van der Waals surface area contributed by atoms with Crippen molar-refractivity contribution >= 4 is 0 Å². The van der Waals surface area contributed by atoms with Gasteiger partial charge in [0.15, 0.2) is 6.23 Å². The lowest BCUT2D eigenvalue weighted by Gasteiger charge is -2.37. The molecular weight excluding hydrogens is 405 g/mol. The fraction of sp³-hybridized carbons (Fsp3) is 0.444. The number of aryl methyl sites for hydroxylation is 1. The molecule has 6 N–H and O–H groups in total. The summed E-state index contributed by atoms with van der Waals surface area (Å²) in [6, 6.07) is 5.60. The van der Waals surface area contributed by atoms with E-state index in [2.05, 4.69) is 0 Å². The smallest absolute Gasteiger partial charge is 0.330 e. The highest BCUT2D eigenvalue weighted by molar-refractivity contribution is 5.26. The van der Waals surface area contributed by atoms with Gasteiger partial charge in [0.1, 0.15) is 18.0 Å². The third kappa shape index (κ3) is 3.88. The van der Waals surface area contributed by atoms with Crippen LogP contribution in [0.5, 0.6) is 5.75 Å². The number of hydroxylamine groups is 2. The first-order valence-corrected chi connectivity index (χ1v) is 9.03. The zero-order valence-corrected chi connectivity index (χ0v) is 15.7. The molecule has 1 fully saturated rings. The maximum absolute atomic E-state index is 12.7. The van der Waals surface area contributed by atoms with Crippen molar-refractivity contribution in [2.75, 3.05) is 13.3 Å². The van der Waals surface area contributed by atoms with Gasteiger partial charge in [-0.05, 0) is 17.7 Å². The average molecular weight is 427 g/mol. The number of ether oxygens (including phenoxy) is 1. The fourth-order valence-corrected chi connectivity index (χ4v) is 3.34. The number of hydrogen-bond donors (Lipinski definition) is 6. The molecule has 0 bridgehead atoms. The van der Waals surface area contributed by atoms with Crippen molar-refractivity contribution < 1.29 is 34.8 Å². The number of phenols is 1.